The molecule has 0 aliphatic heterocycles. The monoisotopic (exact) mass is 534 g/mol. The molecule has 11 heteroatoms. The molecule has 0 fully saturated rings. The molecule has 0 saturated heterocycles. The molecule has 4 rings (SSSR count). The van der Waals surface area contributed by atoms with Crippen LogP contribution in [0.2, 0.25) is 0 Å². The number of anilines is 1. The molecule has 1 amide bonds. The minimum atomic E-state index is -1.76. The third kappa shape index (κ3) is 6.11. The first-order valence-corrected chi connectivity index (χ1v) is 13.4. The van der Waals surface area contributed by atoms with Gasteiger partial charge in [0.1, 0.15) is 30.8 Å². The molecule has 4 aromatic rings. The maximum atomic E-state index is 14.9. The van der Waals surface area contributed by atoms with E-state index in [1.807, 2.05) is 20.8 Å². The molecule has 38 heavy (non-hydrogen) atoms. The van der Waals surface area contributed by atoms with E-state index in [1.165, 1.54) is 23.7 Å². The largest absolute Gasteiger partial charge is 0.456 e. The van der Waals surface area contributed by atoms with Crippen LogP contribution in [0.5, 0.6) is 11.5 Å². The Morgan fingerprint density at radius 1 is 1.16 bits per heavy atom. The number of hydrogen-bond acceptors (Lipinski definition) is 6. The average Bonchev–Trinajstić information content (AvgIpc) is 3.26. The van der Waals surface area contributed by atoms with Gasteiger partial charge in [-0.1, -0.05) is 26.8 Å². The van der Waals surface area contributed by atoms with E-state index in [-0.39, 0.29) is 23.6 Å². The number of rotatable bonds is 7. The van der Waals surface area contributed by atoms with Gasteiger partial charge >= 0.3 is 0 Å². The summed E-state index contributed by atoms with van der Waals surface area (Å²) in [5.41, 5.74) is -0.730. The summed E-state index contributed by atoms with van der Waals surface area (Å²) in [6.45, 7) is 7.16. The number of fused-ring (bicyclic) bond motifs is 1. The molecule has 0 spiro atoms. The number of hydrogen-bond donors (Lipinski definition) is 2. The molecular formula is C27H28BFN4O4S. The maximum Gasteiger partial charge on any atom is 0.230 e. The van der Waals surface area contributed by atoms with E-state index in [0.29, 0.717) is 27.2 Å². The fourth-order valence-corrected chi connectivity index (χ4v) is 4.45. The lowest BCUT2D eigenvalue weighted by Crippen LogP contribution is -2.35. The summed E-state index contributed by atoms with van der Waals surface area (Å²) in [5.74, 6) is -0.228. The zero-order valence-electron chi connectivity index (χ0n) is 21.8. The number of aliphatic hydroxyl groups is 1. The second-order valence-electron chi connectivity index (χ2n) is 10.2. The smallest absolute Gasteiger partial charge is 0.230 e. The maximum absolute atomic E-state index is 14.9. The lowest BCUT2D eigenvalue weighted by atomic mass is 9.88. The number of amides is 1. The van der Waals surface area contributed by atoms with E-state index in [0.717, 1.165) is 0 Å². The van der Waals surface area contributed by atoms with Crippen molar-refractivity contribution in [3.63, 3.8) is 0 Å². The number of ether oxygens (including phenoxy) is 1. The highest BCUT2D eigenvalue weighted by Gasteiger charge is 2.28. The lowest BCUT2D eigenvalue weighted by Gasteiger charge is -2.27. The second kappa shape index (κ2) is 10.3. The molecule has 2 atom stereocenters. The second-order valence-corrected chi connectivity index (χ2v) is 11.6. The topological polar surface area (TPSA) is 106 Å². The number of carbonyl (C=O) groups excluding carboxylic acids is 1. The van der Waals surface area contributed by atoms with Crippen molar-refractivity contribution in [2.24, 2.45) is 0 Å². The molecule has 0 aliphatic carbocycles. The molecule has 0 aliphatic rings. The number of nitrogens with one attached hydrogen (secondary N) is 1. The molecule has 0 saturated carbocycles. The standard InChI is InChI=1S/C27H28BFN4O4S/c1-26(2,3)23-15-24(32-33(23)27(4,28)35)31-25(34)12-16-6-7-17(13-20(16)29)37-22-10-11-30-21-9-8-18(38(5)36)14-19(21)22/h6-11,13-15,35H,12H2,1-5H3,(H,31,32,34). The van der Waals surface area contributed by atoms with Crippen LogP contribution in [0.1, 0.15) is 39.0 Å². The molecule has 8 nitrogen and oxygen atoms in total. The van der Waals surface area contributed by atoms with E-state index in [2.05, 4.69) is 15.4 Å². The molecular weight excluding hydrogens is 506 g/mol. The molecule has 2 aromatic heterocycles. The SMILES string of the molecule is [B]C(C)(O)n1nc(NC(=O)Cc2ccc(Oc3ccnc4ccc(S(C)=O)cc34)cc2F)cc1C(C)(C)C. The number of halogens is 1. The Kier molecular flexibility index (Phi) is 7.45. The van der Waals surface area contributed by atoms with Gasteiger partial charge in [0.05, 0.1) is 11.9 Å². The van der Waals surface area contributed by atoms with Crippen LogP contribution >= 0.6 is 0 Å². The quantitative estimate of drug-likeness (QED) is 0.341. The highest BCUT2D eigenvalue weighted by molar-refractivity contribution is 7.84. The van der Waals surface area contributed by atoms with Gasteiger partial charge < -0.3 is 15.2 Å². The first-order valence-electron chi connectivity index (χ1n) is 11.8. The average molecular weight is 534 g/mol. The summed E-state index contributed by atoms with van der Waals surface area (Å²) in [6, 6.07) is 12.7. The number of aromatic nitrogens is 3. The predicted octanol–water partition coefficient (Wildman–Crippen LogP) is 4.37. The van der Waals surface area contributed by atoms with Crippen LogP contribution in [-0.2, 0) is 33.1 Å². The Morgan fingerprint density at radius 2 is 1.89 bits per heavy atom. The minimum absolute atomic E-state index is 0.166. The van der Waals surface area contributed by atoms with Crippen LogP contribution in [0.3, 0.4) is 0 Å². The molecule has 196 valence electrons. The van der Waals surface area contributed by atoms with Crippen molar-refractivity contribution in [1.29, 1.82) is 0 Å². The summed E-state index contributed by atoms with van der Waals surface area (Å²) in [5, 5.41) is 17.8. The van der Waals surface area contributed by atoms with Crippen LogP contribution < -0.4 is 10.1 Å². The number of pyridine rings is 1. The van der Waals surface area contributed by atoms with Gasteiger partial charge in [-0.2, -0.15) is 5.10 Å². The van der Waals surface area contributed by atoms with Crippen molar-refractivity contribution >= 4 is 41.3 Å². The third-order valence-corrected chi connectivity index (χ3v) is 6.70. The molecule has 2 aromatic carbocycles. The Hall–Kier alpha value is -3.57. The summed E-state index contributed by atoms with van der Waals surface area (Å²) in [7, 11) is 4.65. The number of carbonyl (C=O) groups is 1. The summed E-state index contributed by atoms with van der Waals surface area (Å²) in [4.78, 5) is 17.6. The zero-order valence-corrected chi connectivity index (χ0v) is 22.6. The Labute approximate surface area is 224 Å². The van der Waals surface area contributed by atoms with Gasteiger partial charge in [0.25, 0.3) is 0 Å². The van der Waals surface area contributed by atoms with Crippen LogP contribution in [-0.4, -0.2) is 44.1 Å². The Balaban J connectivity index is 1.51. The van der Waals surface area contributed by atoms with Gasteiger partial charge in [0.15, 0.2) is 5.82 Å². The Morgan fingerprint density at radius 3 is 2.50 bits per heavy atom. The van der Waals surface area contributed by atoms with Crippen LogP contribution in [0.25, 0.3) is 10.9 Å². The third-order valence-electron chi connectivity index (χ3n) is 5.78. The summed E-state index contributed by atoms with van der Waals surface area (Å²) >= 11 is 0. The van der Waals surface area contributed by atoms with Crippen LogP contribution in [0.15, 0.2) is 59.6 Å². The van der Waals surface area contributed by atoms with E-state index in [4.69, 9.17) is 12.6 Å². The van der Waals surface area contributed by atoms with Gasteiger partial charge in [-0.05, 0) is 42.8 Å². The van der Waals surface area contributed by atoms with Gasteiger partial charge in [-0.25, -0.2) is 9.07 Å². The molecule has 2 radical (unpaired) electrons. The fourth-order valence-electron chi connectivity index (χ4n) is 3.91. The van der Waals surface area contributed by atoms with Crippen LogP contribution in [0, 0.1) is 5.82 Å². The van der Waals surface area contributed by atoms with Crippen molar-refractivity contribution in [2.45, 2.75) is 50.1 Å². The highest BCUT2D eigenvalue weighted by atomic mass is 32.2. The van der Waals surface area contributed by atoms with Crippen molar-refractivity contribution < 1.29 is 23.2 Å². The van der Waals surface area contributed by atoms with E-state index >= 15 is 0 Å². The number of nitrogens with zero attached hydrogens (tertiary/aromatic N) is 3. The van der Waals surface area contributed by atoms with Crippen molar-refractivity contribution in [2.75, 3.05) is 11.6 Å². The van der Waals surface area contributed by atoms with Crippen molar-refractivity contribution in [3.05, 3.63) is 71.8 Å². The number of benzene rings is 2. The molecule has 2 N–H and O–H groups in total. The van der Waals surface area contributed by atoms with E-state index in [1.54, 1.807) is 48.9 Å². The predicted molar refractivity (Wildman–Crippen MR) is 145 cm³/mol. The van der Waals surface area contributed by atoms with Gasteiger partial charge in [0.2, 0.25) is 5.91 Å². The summed E-state index contributed by atoms with van der Waals surface area (Å²) in [6.07, 6.45) is 2.91. The van der Waals surface area contributed by atoms with E-state index in [9.17, 15) is 18.5 Å². The molecule has 2 heterocycles. The highest BCUT2D eigenvalue weighted by Crippen LogP contribution is 2.31. The summed E-state index contributed by atoms with van der Waals surface area (Å²) < 4.78 is 34.0. The van der Waals surface area contributed by atoms with Gasteiger partial charge in [-0.3, -0.25) is 14.0 Å². The van der Waals surface area contributed by atoms with E-state index < -0.39 is 33.6 Å². The first-order chi connectivity index (χ1) is 17.7. The Bertz CT molecular complexity index is 1510. The van der Waals surface area contributed by atoms with Gasteiger partial charge in [-0.15, -0.1) is 0 Å². The molecule has 2 unspecified atom stereocenters. The lowest BCUT2D eigenvalue weighted by molar-refractivity contribution is -0.115. The first kappa shape index (κ1) is 27.5. The fraction of sp³-hybridized carbons (Fsp3) is 0.296. The van der Waals surface area contributed by atoms with Crippen molar-refractivity contribution in [1.82, 2.24) is 14.8 Å². The van der Waals surface area contributed by atoms with Crippen LogP contribution in [0.4, 0.5) is 10.2 Å². The van der Waals surface area contributed by atoms with Crippen molar-refractivity contribution in [3.8, 4) is 11.5 Å². The van der Waals surface area contributed by atoms with Gasteiger partial charge in [0, 0.05) is 56.8 Å². The minimum Gasteiger partial charge on any atom is -0.456 e. The molecule has 0 bridgehead atoms. The normalized spacial score (nSPS) is 14.2. The zero-order chi connectivity index (χ0) is 27.8.